The van der Waals surface area contributed by atoms with Crippen LogP contribution in [0.3, 0.4) is 0 Å². The molecule has 16 heavy (non-hydrogen) atoms. The molecule has 1 fully saturated rings. The summed E-state index contributed by atoms with van der Waals surface area (Å²) in [7, 11) is 2.72. The highest BCUT2D eigenvalue weighted by Crippen LogP contribution is 2.73. The maximum atomic E-state index is 11.9. The first-order valence-electron chi connectivity index (χ1n) is 5.34. The van der Waals surface area contributed by atoms with E-state index < -0.39 is 10.8 Å². The molecule has 0 amide bonds. The molecular weight excluding hydrogens is 208 g/mol. The van der Waals surface area contributed by atoms with Crippen molar-refractivity contribution >= 4 is 11.9 Å². The lowest BCUT2D eigenvalue weighted by Gasteiger charge is -2.64. The number of hydrogen-bond donors (Lipinski definition) is 0. The van der Waals surface area contributed by atoms with E-state index in [1.165, 1.54) is 14.2 Å². The van der Waals surface area contributed by atoms with Gasteiger partial charge in [-0.3, -0.25) is 9.59 Å². The molecule has 88 valence electrons. The minimum atomic E-state index is -0.737. The van der Waals surface area contributed by atoms with Gasteiger partial charge in [0.05, 0.1) is 14.2 Å². The molecule has 2 aliphatic rings. The van der Waals surface area contributed by atoms with Crippen LogP contribution in [0.4, 0.5) is 0 Å². The van der Waals surface area contributed by atoms with Crippen LogP contribution in [0.1, 0.15) is 26.7 Å². The SMILES string of the molecule is COC(=O)C12CCC1(C(=O)OC)C(C)=C2C. The zero-order valence-electron chi connectivity index (χ0n) is 10.0. The smallest absolute Gasteiger partial charge is 0.317 e. The van der Waals surface area contributed by atoms with E-state index in [4.69, 9.17) is 9.47 Å². The van der Waals surface area contributed by atoms with Gasteiger partial charge in [-0.15, -0.1) is 0 Å². The Morgan fingerprint density at radius 3 is 1.44 bits per heavy atom. The van der Waals surface area contributed by atoms with E-state index in [1.54, 1.807) is 0 Å². The molecule has 0 spiro atoms. The lowest BCUT2D eigenvalue weighted by atomic mass is 9.36. The van der Waals surface area contributed by atoms with E-state index in [-0.39, 0.29) is 11.9 Å². The number of rotatable bonds is 2. The third-order valence-electron chi connectivity index (χ3n) is 4.51. The third kappa shape index (κ3) is 0.794. The number of ether oxygens (including phenoxy) is 2. The molecule has 2 unspecified atom stereocenters. The summed E-state index contributed by atoms with van der Waals surface area (Å²) in [4.78, 5) is 23.8. The third-order valence-corrected chi connectivity index (χ3v) is 4.51. The van der Waals surface area contributed by atoms with Crippen molar-refractivity contribution in [3.63, 3.8) is 0 Å². The first kappa shape index (κ1) is 11.2. The van der Waals surface area contributed by atoms with Crippen LogP contribution in [0.25, 0.3) is 0 Å². The summed E-state index contributed by atoms with van der Waals surface area (Å²) in [6.45, 7) is 3.79. The highest BCUT2D eigenvalue weighted by molar-refractivity contribution is 5.99. The van der Waals surface area contributed by atoms with E-state index in [1.807, 2.05) is 13.8 Å². The summed E-state index contributed by atoms with van der Waals surface area (Å²) in [6, 6.07) is 0. The summed E-state index contributed by atoms with van der Waals surface area (Å²) in [6.07, 6.45) is 1.36. The predicted molar refractivity (Wildman–Crippen MR) is 56.5 cm³/mol. The Morgan fingerprint density at radius 1 is 0.938 bits per heavy atom. The summed E-state index contributed by atoms with van der Waals surface area (Å²) in [5, 5.41) is 0. The van der Waals surface area contributed by atoms with E-state index in [9.17, 15) is 9.59 Å². The molecule has 2 atom stereocenters. The second-order valence-electron chi connectivity index (χ2n) is 4.54. The van der Waals surface area contributed by atoms with Crippen molar-refractivity contribution in [2.75, 3.05) is 14.2 Å². The van der Waals surface area contributed by atoms with Crippen LogP contribution in [0.2, 0.25) is 0 Å². The Hall–Kier alpha value is -1.32. The minimum absolute atomic E-state index is 0.313. The van der Waals surface area contributed by atoms with Gasteiger partial charge >= 0.3 is 11.9 Å². The maximum absolute atomic E-state index is 11.9. The second kappa shape index (κ2) is 3.09. The molecule has 4 heteroatoms. The van der Waals surface area contributed by atoms with Crippen LogP contribution >= 0.6 is 0 Å². The highest BCUT2D eigenvalue weighted by atomic mass is 16.5. The van der Waals surface area contributed by atoms with Gasteiger partial charge < -0.3 is 9.47 Å². The molecule has 0 heterocycles. The molecule has 0 aliphatic heterocycles. The number of hydrogen-bond acceptors (Lipinski definition) is 4. The average Bonchev–Trinajstić information content (AvgIpc) is 2.27. The Morgan fingerprint density at radius 2 is 1.25 bits per heavy atom. The van der Waals surface area contributed by atoms with Gasteiger partial charge in [0.2, 0.25) is 0 Å². The summed E-state index contributed by atoms with van der Waals surface area (Å²) in [5.74, 6) is -0.625. The van der Waals surface area contributed by atoms with Gasteiger partial charge in [-0.2, -0.15) is 0 Å². The van der Waals surface area contributed by atoms with E-state index >= 15 is 0 Å². The van der Waals surface area contributed by atoms with Crippen molar-refractivity contribution < 1.29 is 19.1 Å². The predicted octanol–water partition coefficient (Wildman–Crippen LogP) is 1.45. The summed E-state index contributed by atoms with van der Waals surface area (Å²) >= 11 is 0. The second-order valence-corrected chi connectivity index (χ2v) is 4.54. The van der Waals surface area contributed by atoms with Crippen LogP contribution in [0.5, 0.6) is 0 Å². The number of methoxy groups -OCH3 is 2. The van der Waals surface area contributed by atoms with Crippen molar-refractivity contribution in [2.45, 2.75) is 26.7 Å². The van der Waals surface area contributed by atoms with Crippen molar-refractivity contribution in [2.24, 2.45) is 10.8 Å². The van der Waals surface area contributed by atoms with Gasteiger partial charge in [-0.05, 0) is 26.7 Å². The zero-order chi connectivity index (χ0) is 12.1. The van der Waals surface area contributed by atoms with Crippen molar-refractivity contribution in [3.8, 4) is 0 Å². The molecule has 0 N–H and O–H groups in total. The fourth-order valence-electron chi connectivity index (χ4n) is 3.43. The van der Waals surface area contributed by atoms with Gasteiger partial charge in [0.15, 0.2) is 0 Å². The summed E-state index contributed by atoms with van der Waals surface area (Å²) < 4.78 is 9.67. The van der Waals surface area contributed by atoms with Crippen LogP contribution in [-0.4, -0.2) is 26.2 Å². The molecule has 0 saturated heterocycles. The van der Waals surface area contributed by atoms with Gasteiger partial charge in [-0.1, -0.05) is 11.1 Å². The topological polar surface area (TPSA) is 52.6 Å². The van der Waals surface area contributed by atoms with Gasteiger partial charge in [0.25, 0.3) is 0 Å². The lowest BCUT2D eigenvalue weighted by Crippen LogP contribution is -2.68. The lowest BCUT2D eigenvalue weighted by molar-refractivity contribution is -0.192. The Kier molecular flexibility index (Phi) is 2.16. The quantitative estimate of drug-likeness (QED) is 0.526. The van der Waals surface area contributed by atoms with Crippen molar-refractivity contribution in [1.29, 1.82) is 0 Å². The molecule has 0 bridgehead atoms. The van der Waals surface area contributed by atoms with E-state index in [0.717, 1.165) is 11.1 Å². The van der Waals surface area contributed by atoms with Gasteiger partial charge in [0, 0.05) is 0 Å². The van der Waals surface area contributed by atoms with Crippen LogP contribution in [0.15, 0.2) is 11.1 Å². The molecular formula is C12H16O4. The van der Waals surface area contributed by atoms with Crippen LogP contribution in [-0.2, 0) is 19.1 Å². The standard InChI is InChI=1S/C12H16O4/c1-7-8(2)12(10(14)16-4)6-5-11(7,12)9(13)15-3/h5-6H2,1-4H3. The first-order valence-corrected chi connectivity index (χ1v) is 5.34. The Labute approximate surface area is 94.6 Å². The van der Waals surface area contributed by atoms with Gasteiger partial charge in [0.1, 0.15) is 10.8 Å². The molecule has 4 nitrogen and oxygen atoms in total. The number of carbonyl (C=O) groups excluding carboxylic acids is 2. The number of fused-ring (bicyclic) bond motifs is 1. The van der Waals surface area contributed by atoms with Crippen molar-refractivity contribution in [3.05, 3.63) is 11.1 Å². The normalized spacial score (nSPS) is 35.8. The fourth-order valence-corrected chi connectivity index (χ4v) is 3.43. The number of carbonyl (C=O) groups is 2. The van der Waals surface area contributed by atoms with E-state index in [0.29, 0.717) is 12.8 Å². The molecule has 0 aromatic heterocycles. The largest absolute Gasteiger partial charge is 0.468 e. The Balaban J connectivity index is 2.50. The van der Waals surface area contributed by atoms with Crippen molar-refractivity contribution in [1.82, 2.24) is 0 Å². The summed E-state index contributed by atoms with van der Waals surface area (Å²) in [5.41, 5.74) is 0.463. The molecule has 1 saturated carbocycles. The van der Waals surface area contributed by atoms with Gasteiger partial charge in [-0.25, -0.2) is 0 Å². The van der Waals surface area contributed by atoms with Crippen LogP contribution < -0.4 is 0 Å². The fraction of sp³-hybridized carbons (Fsp3) is 0.667. The first-order chi connectivity index (χ1) is 7.49. The molecule has 0 aromatic rings. The van der Waals surface area contributed by atoms with Crippen LogP contribution in [0, 0.1) is 10.8 Å². The monoisotopic (exact) mass is 224 g/mol. The van der Waals surface area contributed by atoms with E-state index in [2.05, 4.69) is 0 Å². The molecule has 2 aliphatic carbocycles. The molecule has 0 aromatic carbocycles. The highest BCUT2D eigenvalue weighted by Gasteiger charge is 2.77. The minimum Gasteiger partial charge on any atom is -0.468 e. The molecule has 2 rings (SSSR count). The molecule has 0 radical (unpaired) electrons. The average molecular weight is 224 g/mol. The Bertz CT molecular complexity index is 371. The zero-order valence-corrected chi connectivity index (χ0v) is 10.0. The maximum Gasteiger partial charge on any atom is 0.317 e. The number of esters is 2.